The Hall–Kier alpha value is 0.210. The minimum Gasteiger partial charge on any atom is -0.378 e. The molecule has 24 heavy (non-hydrogen) atoms. The van der Waals surface area contributed by atoms with Crippen LogP contribution in [0.3, 0.4) is 0 Å². The fraction of sp³-hybridized carbons (Fsp3) is 1.00. The number of halogens is 1. The maximum absolute atomic E-state index is 6.47. The fourth-order valence-electron chi connectivity index (χ4n) is 5.21. The smallest absolute Gasteiger partial charge is 0.0580 e. The third-order valence-electron chi connectivity index (χ3n) is 6.67. The summed E-state index contributed by atoms with van der Waals surface area (Å²) in [6.45, 7) is 0.824. The van der Waals surface area contributed by atoms with E-state index in [0.29, 0.717) is 24.2 Å². The van der Waals surface area contributed by atoms with Crippen LogP contribution in [0.5, 0.6) is 0 Å². The summed E-state index contributed by atoms with van der Waals surface area (Å²) in [4.78, 5) is 0. The van der Waals surface area contributed by atoms with Crippen molar-refractivity contribution in [2.24, 2.45) is 11.8 Å². The van der Waals surface area contributed by atoms with Crippen LogP contribution in [0.15, 0.2) is 0 Å². The molecule has 0 heterocycles. The molecule has 0 radical (unpaired) electrons. The largest absolute Gasteiger partial charge is 0.378 e. The molecular formula is C21H37ClO2. The van der Waals surface area contributed by atoms with Crippen LogP contribution in [0.4, 0.5) is 0 Å². The van der Waals surface area contributed by atoms with Crippen molar-refractivity contribution >= 4 is 11.6 Å². The van der Waals surface area contributed by atoms with Crippen LogP contribution in [0.25, 0.3) is 0 Å². The van der Waals surface area contributed by atoms with Gasteiger partial charge in [0.15, 0.2) is 0 Å². The standard InChI is InChI=1S/C21H37ClO2/c22-15-4-16-23-19-11-13-21(14-12-19)24-20-9-7-18(8-10-20)17-5-2-1-3-6-17/h17-21H,1-16H2. The Morgan fingerprint density at radius 1 is 0.625 bits per heavy atom. The van der Waals surface area contributed by atoms with Gasteiger partial charge in [0.2, 0.25) is 0 Å². The van der Waals surface area contributed by atoms with Gasteiger partial charge in [0.25, 0.3) is 0 Å². The molecule has 0 atom stereocenters. The van der Waals surface area contributed by atoms with Crippen LogP contribution in [0.2, 0.25) is 0 Å². The molecule has 0 saturated heterocycles. The van der Waals surface area contributed by atoms with Gasteiger partial charge in [-0.25, -0.2) is 0 Å². The molecule has 0 amide bonds. The molecule has 3 aliphatic rings. The van der Waals surface area contributed by atoms with Gasteiger partial charge in [-0.2, -0.15) is 0 Å². The number of rotatable bonds is 7. The minimum absolute atomic E-state index is 0.454. The Kier molecular flexibility index (Phi) is 8.21. The zero-order chi connectivity index (χ0) is 16.6. The Labute approximate surface area is 154 Å². The summed E-state index contributed by atoms with van der Waals surface area (Å²) in [5, 5.41) is 0. The molecule has 0 aromatic rings. The highest BCUT2D eigenvalue weighted by Crippen LogP contribution is 2.39. The van der Waals surface area contributed by atoms with E-state index >= 15 is 0 Å². The molecule has 2 nitrogen and oxygen atoms in total. The average molecular weight is 357 g/mol. The number of ether oxygens (including phenoxy) is 2. The lowest BCUT2D eigenvalue weighted by Gasteiger charge is -2.38. The van der Waals surface area contributed by atoms with Crippen molar-refractivity contribution in [3.05, 3.63) is 0 Å². The van der Waals surface area contributed by atoms with Gasteiger partial charge in [0.1, 0.15) is 0 Å². The zero-order valence-corrected chi connectivity index (χ0v) is 16.2. The van der Waals surface area contributed by atoms with Gasteiger partial charge in [-0.1, -0.05) is 32.1 Å². The molecule has 3 rings (SSSR count). The molecule has 0 bridgehead atoms. The third-order valence-corrected chi connectivity index (χ3v) is 6.94. The lowest BCUT2D eigenvalue weighted by Crippen LogP contribution is -2.33. The minimum atomic E-state index is 0.454. The van der Waals surface area contributed by atoms with Crippen LogP contribution in [0.1, 0.15) is 89.9 Å². The van der Waals surface area contributed by atoms with E-state index < -0.39 is 0 Å². The van der Waals surface area contributed by atoms with Crippen molar-refractivity contribution in [2.75, 3.05) is 12.5 Å². The van der Waals surface area contributed by atoms with Crippen LogP contribution < -0.4 is 0 Å². The summed E-state index contributed by atoms with van der Waals surface area (Å²) in [6, 6.07) is 0. The van der Waals surface area contributed by atoms with Crippen molar-refractivity contribution in [3.63, 3.8) is 0 Å². The lowest BCUT2D eigenvalue weighted by molar-refractivity contribution is -0.0777. The van der Waals surface area contributed by atoms with Crippen molar-refractivity contribution in [1.82, 2.24) is 0 Å². The molecule has 0 spiro atoms. The number of hydrogen-bond donors (Lipinski definition) is 0. The molecule has 0 aromatic heterocycles. The third kappa shape index (κ3) is 5.88. The van der Waals surface area contributed by atoms with E-state index in [9.17, 15) is 0 Å². The highest BCUT2D eigenvalue weighted by molar-refractivity contribution is 6.17. The normalized spacial score (nSPS) is 35.9. The summed E-state index contributed by atoms with van der Waals surface area (Å²) >= 11 is 5.71. The first-order valence-electron chi connectivity index (χ1n) is 10.7. The molecular weight excluding hydrogens is 320 g/mol. The summed E-state index contributed by atoms with van der Waals surface area (Å²) in [5.41, 5.74) is 0. The van der Waals surface area contributed by atoms with Gasteiger partial charge in [-0.3, -0.25) is 0 Å². The molecule has 0 unspecified atom stereocenters. The first kappa shape index (κ1) is 19.0. The summed E-state index contributed by atoms with van der Waals surface area (Å²) in [7, 11) is 0. The van der Waals surface area contributed by atoms with Crippen molar-refractivity contribution in [2.45, 2.75) is 108 Å². The molecule has 140 valence electrons. The molecule has 0 aliphatic heterocycles. The van der Waals surface area contributed by atoms with Gasteiger partial charge in [0, 0.05) is 12.5 Å². The van der Waals surface area contributed by atoms with Gasteiger partial charge in [0.05, 0.1) is 18.3 Å². The first-order valence-corrected chi connectivity index (χ1v) is 11.2. The molecule has 3 aliphatic carbocycles. The molecule has 3 fully saturated rings. The van der Waals surface area contributed by atoms with E-state index in [-0.39, 0.29) is 0 Å². The predicted molar refractivity (Wildman–Crippen MR) is 101 cm³/mol. The Morgan fingerprint density at radius 2 is 1.17 bits per heavy atom. The highest BCUT2D eigenvalue weighted by atomic mass is 35.5. The second kappa shape index (κ2) is 10.4. The second-order valence-electron chi connectivity index (χ2n) is 8.38. The molecule has 3 saturated carbocycles. The number of hydrogen-bond acceptors (Lipinski definition) is 2. The maximum Gasteiger partial charge on any atom is 0.0580 e. The SMILES string of the molecule is ClCCCOC1CCC(OC2CCC(C3CCCCC3)CC2)CC1. The van der Waals surface area contributed by atoms with Crippen LogP contribution in [-0.2, 0) is 9.47 Å². The molecule has 3 heteroatoms. The summed E-state index contributed by atoms with van der Waals surface area (Å²) in [6.07, 6.45) is 20.1. The second-order valence-corrected chi connectivity index (χ2v) is 8.76. The van der Waals surface area contributed by atoms with Crippen LogP contribution in [0, 0.1) is 11.8 Å². The van der Waals surface area contributed by atoms with Gasteiger partial charge in [-0.15, -0.1) is 11.6 Å². The van der Waals surface area contributed by atoms with E-state index in [0.717, 1.165) is 24.9 Å². The van der Waals surface area contributed by atoms with Crippen LogP contribution in [-0.4, -0.2) is 30.8 Å². The quantitative estimate of drug-likeness (QED) is 0.405. The first-order chi connectivity index (χ1) is 11.8. The van der Waals surface area contributed by atoms with Crippen molar-refractivity contribution in [1.29, 1.82) is 0 Å². The summed E-state index contributed by atoms with van der Waals surface area (Å²) in [5.74, 6) is 2.76. The topological polar surface area (TPSA) is 18.5 Å². The Balaban J connectivity index is 1.29. The average Bonchev–Trinajstić information content (AvgIpc) is 2.65. The van der Waals surface area contributed by atoms with Gasteiger partial charge in [-0.05, 0) is 69.6 Å². The van der Waals surface area contributed by atoms with E-state index in [1.54, 1.807) is 0 Å². The van der Waals surface area contributed by atoms with Crippen LogP contribution >= 0.6 is 11.6 Å². The molecule has 0 aromatic carbocycles. The highest BCUT2D eigenvalue weighted by Gasteiger charge is 2.31. The maximum atomic E-state index is 6.47. The Bertz CT molecular complexity index is 327. The predicted octanol–water partition coefficient (Wildman–Crippen LogP) is 6.10. The Morgan fingerprint density at radius 3 is 1.79 bits per heavy atom. The number of alkyl halides is 1. The fourth-order valence-corrected chi connectivity index (χ4v) is 5.32. The monoisotopic (exact) mass is 356 g/mol. The molecule has 0 N–H and O–H groups in total. The van der Waals surface area contributed by atoms with E-state index in [1.807, 2.05) is 0 Å². The zero-order valence-electron chi connectivity index (χ0n) is 15.4. The van der Waals surface area contributed by atoms with E-state index in [4.69, 9.17) is 21.1 Å². The summed E-state index contributed by atoms with van der Waals surface area (Å²) < 4.78 is 12.4. The van der Waals surface area contributed by atoms with Gasteiger partial charge >= 0.3 is 0 Å². The van der Waals surface area contributed by atoms with Crippen molar-refractivity contribution < 1.29 is 9.47 Å². The lowest BCUT2D eigenvalue weighted by atomic mass is 9.73. The van der Waals surface area contributed by atoms with Crippen molar-refractivity contribution in [3.8, 4) is 0 Å². The van der Waals surface area contributed by atoms with Gasteiger partial charge < -0.3 is 9.47 Å². The van der Waals surface area contributed by atoms with E-state index in [2.05, 4.69) is 0 Å². The van der Waals surface area contributed by atoms with E-state index in [1.165, 1.54) is 83.5 Å².